The number of likely N-dealkylation sites (N-methyl/N-ethyl adjacent to an activating group) is 1. The minimum Gasteiger partial charge on any atom is -0.440 e. The smallest absolute Gasteiger partial charge is 0.224 e. The number of carbonyl (C=O) groups excluding carboxylic acids is 1. The van der Waals surface area contributed by atoms with Gasteiger partial charge in [0.05, 0.1) is 31.1 Å². The third-order valence-corrected chi connectivity index (χ3v) is 5.58. The highest BCUT2D eigenvalue weighted by atomic mass is 19.1. The molecule has 1 aliphatic heterocycles. The van der Waals surface area contributed by atoms with E-state index in [-0.39, 0.29) is 23.4 Å². The summed E-state index contributed by atoms with van der Waals surface area (Å²) in [5, 5.41) is 5.98. The summed E-state index contributed by atoms with van der Waals surface area (Å²) in [5.74, 6) is -1.18. The van der Waals surface area contributed by atoms with Gasteiger partial charge in [0.1, 0.15) is 17.2 Å². The number of carbonyl (C=O) groups is 1. The predicted molar refractivity (Wildman–Crippen MR) is 122 cm³/mol. The molecule has 1 aromatic heterocycles. The van der Waals surface area contributed by atoms with Gasteiger partial charge in [-0.2, -0.15) is 0 Å². The first kappa shape index (κ1) is 22.7. The summed E-state index contributed by atoms with van der Waals surface area (Å²) < 4.78 is 39.0. The summed E-state index contributed by atoms with van der Waals surface area (Å²) in [5.41, 5.74) is 1.60. The van der Waals surface area contributed by atoms with Gasteiger partial charge in [0.15, 0.2) is 11.3 Å². The highest BCUT2D eigenvalue weighted by Crippen LogP contribution is 2.31. The minimum atomic E-state index is -0.705. The van der Waals surface area contributed by atoms with Crippen LogP contribution in [-0.2, 0) is 16.0 Å². The highest BCUT2D eigenvalue weighted by molar-refractivity contribution is 5.85. The normalized spacial score (nSPS) is 14.8. The van der Waals surface area contributed by atoms with Crippen LogP contribution >= 0.6 is 0 Å². The van der Waals surface area contributed by atoms with E-state index in [1.807, 2.05) is 4.90 Å². The molecular formula is C24H25F2N3O4. The Morgan fingerprint density at radius 1 is 1.09 bits per heavy atom. The molecule has 0 saturated carbocycles. The van der Waals surface area contributed by atoms with Crippen LogP contribution in [0.3, 0.4) is 0 Å². The minimum absolute atomic E-state index is 0.0748. The van der Waals surface area contributed by atoms with Crippen molar-refractivity contribution in [1.29, 1.82) is 0 Å². The molecule has 1 atom stereocenters. The molecule has 33 heavy (non-hydrogen) atoms. The second-order valence-corrected chi connectivity index (χ2v) is 7.98. The lowest BCUT2D eigenvalue weighted by atomic mass is 9.98. The molecule has 2 N–H and O–H groups in total. The standard InChI is InChI=1S/C24H25F2N3O4/c1-14(28-18-11-16(25)10-17(26)12-18)19-7-15(9-22(31)27-2)8-20-21(30)13-23(33-24(19)20)29-3-5-32-6-4-29/h7-8,10-14,28H,3-6,9H2,1-2H3,(H,27,31). The number of morpholine rings is 1. The SMILES string of the molecule is CNC(=O)Cc1cc(C(C)Nc2cc(F)cc(F)c2)c2oc(N3CCOCC3)cc(=O)c2c1. The number of benzene rings is 2. The Hall–Kier alpha value is -3.46. The average Bonchev–Trinajstić information content (AvgIpc) is 2.78. The zero-order valence-corrected chi connectivity index (χ0v) is 18.4. The molecule has 0 spiro atoms. The van der Waals surface area contributed by atoms with Crippen LogP contribution in [0.4, 0.5) is 20.4 Å². The molecule has 1 amide bonds. The average molecular weight is 457 g/mol. The Balaban J connectivity index is 1.81. The summed E-state index contributed by atoms with van der Waals surface area (Å²) in [6, 6.07) is 7.55. The van der Waals surface area contributed by atoms with E-state index < -0.39 is 17.7 Å². The lowest BCUT2D eigenvalue weighted by Crippen LogP contribution is -2.36. The lowest BCUT2D eigenvalue weighted by Gasteiger charge is -2.27. The third-order valence-electron chi connectivity index (χ3n) is 5.58. The number of nitrogens with one attached hydrogen (secondary N) is 2. The second-order valence-electron chi connectivity index (χ2n) is 7.98. The molecule has 174 valence electrons. The first-order valence-corrected chi connectivity index (χ1v) is 10.7. The van der Waals surface area contributed by atoms with Crippen molar-refractivity contribution in [1.82, 2.24) is 5.32 Å². The summed E-state index contributed by atoms with van der Waals surface area (Å²) in [7, 11) is 1.54. The van der Waals surface area contributed by atoms with Crippen molar-refractivity contribution in [3.63, 3.8) is 0 Å². The van der Waals surface area contributed by atoms with Gasteiger partial charge in [0.25, 0.3) is 0 Å². The topological polar surface area (TPSA) is 83.8 Å². The number of ether oxygens (including phenoxy) is 1. The number of amides is 1. The molecule has 1 saturated heterocycles. The van der Waals surface area contributed by atoms with Crippen molar-refractivity contribution in [3.05, 3.63) is 69.4 Å². The fraction of sp³-hybridized carbons (Fsp3) is 0.333. The Morgan fingerprint density at radius 3 is 2.45 bits per heavy atom. The quantitative estimate of drug-likeness (QED) is 0.591. The third kappa shape index (κ3) is 5.14. The molecule has 7 nitrogen and oxygen atoms in total. The van der Waals surface area contributed by atoms with Crippen molar-refractivity contribution in [2.45, 2.75) is 19.4 Å². The maximum absolute atomic E-state index is 13.7. The number of fused-ring (bicyclic) bond motifs is 1. The fourth-order valence-corrected chi connectivity index (χ4v) is 3.94. The zero-order chi connectivity index (χ0) is 23.5. The van der Waals surface area contributed by atoms with Gasteiger partial charge >= 0.3 is 0 Å². The van der Waals surface area contributed by atoms with Crippen molar-refractivity contribution in [2.75, 3.05) is 43.6 Å². The van der Waals surface area contributed by atoms with E-state index in [2.05, 4.69) is 10.6 Å². The number of nitrogens with zero attached hydrogens (tertiary/aromatic N) is 1. The first-order valence-electron chi connectivity index (χ1n) is 10.7. The molecule has 0 bridgehead atoms. The van der Waals surface area contributed by atoms with Gasteiger partial charge in [-0.25, -0.2) is 8.78 Å². The highest BCUT2D eigenvalue weighted by Gasteiger charge is 2.20. The van der Waals surface area contributed by atoms with Crippen LogP contribution in [0.5, 0.6) is 0 Å². The Labute approximate surface area is 189 Å². The van der Waals surface area contributed by atoms with E-state index in [9.17, 15) is 18.4 Å². The maximum atomic E-state index is 13.7. The van der Waals surface area contributed by atoms with Crippen LogP contribution in [0.1, 0.15) is 24.1 Å². The molecule has 4 rings (SSSR count). The number of halogens is 2. The molecule has 9 heteroatoms. The van der Waals surface area contributed by atoms with Crippen LogP contribution in [-0.4, -0.2) is 39.3 Å². The van der Waals surface area contributed by atoms with Crippen molar-refractivity contribution < 1.29 is 22.7 Å². The van der Waals surface area contributed by atoms with Crippen LogP contribution < -0.4 is 21.0 Å². The second kappa shape index (κ2) is 9.58. The molecule has 2 heterocycles. The van der Waals surface area contributed by atoms with Crippen LogP contribution in [0.25, 0.3) is 11.0 Å². The van der Waals surface area contributed by atoms with E-state index in [0.29, 0.717) is 54.3 Å². The molecule has 0 radical (unpaired) electrons. The van der Waals surface area contributed by atoms with Gasteiger partial charge in [-0.3, -0.25) is 9.59 Å². The molecule has 0 aliphatic carbocycles. The molecule has 3 aromatic rings. The van der Waals surface area contributed by atoms with Crippen molar-refractivity contribution >= 4 is 28.4 Å². The zero-order valence-electron chi connectivity index (χ0n) is 18.4. The van der Waals surface area contributed by atoms with E-state index in [1.165, 1.54) is 25.2 Å². The van der Waals surface area contributed by atoms with Crippen molar-refractivity contribution in [2.24, 2.45) is 0 Å². The molecular weight excluding hydrogens is 432 g/mol. The van der Waals surface area contributed by atoms with Crippen LogP contribution in [0.15, 0.2) is 45.6 Å². The van der Waals surface area contributed by atoms with Crippen LogP contribution in [0, 0.1) is 11.6 Å². The Bertz CT molecular complexity index is 1220. The maximum Gasteiger partial charge on any atom is 0.224 e. The summed E-state index contributed by atoms with van der Waals surface area (Å²) in [4.78, 5) is 27.0. The Morgan fingerprint density at radius 2 is 1.79 bits per heavy atom. The Kier molecular flexibility index (Phi) is 6.60. The van der Waals surface area contributed by atoms with E-state index >= 15 is 0 Å². The first-order chi connectivity index (χ1) is 15.8. The largest absolute Gasteiger partial charge is 0.440 e. The van der Waals surface area contributed by atoms with Gasteiger partial charge in [-0.05, 0) is 36.8 Å². The number of hydrogen-bond acceptors (Lipinski definition) is 6. The van der Waals surface area contributed by atoms with Gasteiger partial charge in [0.2, 0.25) is 5.91 Å². The lowest BCUT2D eigenvalue weighted by molar-refractivity contribution is -0.119. The van der Waals surface area contributed by atoms with E-state index in [1.54, 1.807) is 19.1 Å². The fourth-order valence-electron chi connectivity index (χ4n) is 3.94. The summed E-state index contributed by atoms with van der Waals surface area (Å²) >= 11 is 0. The van der Waals surface area contributed by atoms with Gasteiger partial charge in [-0.1, -0.05) is 0 Å². The van der Waals surface area contributed by atoms with E-state index in [0.717, 1.165) is 6.07 Å². The van der Waals surface area contributed by atoms with E-state index in [4.69, 9.17) is 9.15 Å². The molecule has 1 fully saturated rings. The predicted octanol–water partition coefficient (Wildman–Crippen LogP) is 3.37. The van der Waals surface area contributed by atoms with Gasteiger partial charge in [-0.15, -0.1) is 0 Å². The molecule has 2 aromatic carbocycles. The number of rotatable bonds is 6. The summed E-state index contributed by atoms with van der Waals surface area (Å²) in [6.07, 6.45) is 0.0748. The molecule has 1 aliphatic rings. The van der Waals surface area contributed by atoms with Gasteiger partial charge in [0, 0.05) is 43.5 Å². The van der Waals surface area contributed by atoms with Crippen LogP contribution in [0.2, 0.25) is 0 Å². The monoisotopic (exact) mass is 457 g/mol. The van der Waals surface area contributed by atoms with Crippen molar-refractivity contribution in [3.8, 4) is 0 Å². The number of hydrogen-bond donors (Lipinski definition) is 2. The summed E-state index contributed by atoms with van der Waals surface area (Å²) in [6.45, 7) is 4.04. The van der Waals surface area contributed by atoms with Gasteiger partial charge < -0.3 is 24.7 Å². The molecule has 1 unspecified atom stereocenters. The number of anilines is 2.